The molecule has 0 atom stereocenters. The molecule has 1 aromatic rings. The van der Waals surface area contributed by atoms with Crippen LogP contribution in [-0.4, -0.2) is 48.0 Å². The van der Waals surface area contributed by atoms with Gasteiger partial charge in [-0.2, -0.15) is 12.7 Å². The summed E-state index contributed by atoms with van der Waals surface area (Å²) in [5.41, 5.74) is -0.506. The standard InChI is InChI=1S/C6H4N2O7S.Na.H/c9-7(10)5-2-1-3-6(4-5)16(13,14)15-8(11)12;;/h1-4H;;. The normalized spacial score (nSPS) is 10.1. The summed E-state index contributed by atoms with van der Waals surface area (Å²) in [6.07, 6.45) is 0. The zero-order chi connectivity index (χ0) is 12.3. The number of nitro benzene ring substituents is 1. The summed E-state index contributed by atoms with van der Waals surface area (Å²) in [5.74, 6) is 0. The summed E-state index contributed by atoms with van der Waals surface area (Å²) in [4.78, 5) is 18.7. The Morgan fingerprint density at radius 1 is 1.18 bits per heavy atom. The fraction of sp³-hybridized carbons (Fsp3) is 0. The van der Waals surface area contributed by atoms with E-state index in [1.165, 1.54) is 0 Å². The number of nitrogens with zero attached hydrogens (tertiary/aromatic N) is 2. The summed E-state index contributed by atoms with van der Waals surface area (Å²) >= 11 is 0. The van der Waals surface area contributed by atoms with Gasteiger partial charge in [-0.3, -0.25) is 10.1 Å². The topological polar surface area (TPSA) is 130 Å². The Hall–Kier alpha value is -1.23. The molecule has 0 amide bonds. The first-order chi connectivity index (χ1) is 7.33. The van der Waals surface area contributed by atoms with Crippen LogP contribution in [0.2, 0.25) is 0 Å². The third-order valence-electron chi connectivity index (χ3n) is 1.48. The van der Waals surface area contributed by atoms with E-state index in [9.17, 15) is 28.6 Å². The van der Waals surface area contributed by atoms with Gasteiger partial charge in [-0.1, -0.05) is 6.07 Å². The molecule has 0 spiro atoms. The Morgan fingerprint density at radius 3 is 2.24 bits per heavy atom. The molecular weight excluding hydrogens is 267 g/mol. The predicted molar refractivity (Wildman–Crippen MR) is 55.5 cm³/mol. The summed E-state index contributed by atoms with van der Waals surface area (Å²) in [6.45, 7) is 0. The monoisotopic (exact) mass is 272 g/mol. The molecule has 1 aromatic carbocycles. The number of benzene rings is 1. The fourth-order valence-corrected chi connectivity index (χ4v) is 1.63. The minimum atomic E-state index is -4.62. The molecule has 1 rings (SSSR count). The number of non-ortho nitro benzene ring substituents is 1. The molecule has 11 heteroatoms. The van der Waals surface area contributed by atoms with E-state index in [1.54, 1.807) is 0 Å². The summed E-state index contributed by atoms with van der Waals surface area (Å²) in [7, 11) is -4.62. The zero-order valence-corrected chi connectivity index (χ0v) is 8.29. The van der Waals surface area contributed by atoms with Crippen LogP contribution in [0.5, 0.6) is 0 Å². The third-order valence-corrected chi connectivity index (χ3v) is 2.63. The van der Waals surface area contributed by atoms with Gasteiger partial charge in [0.25, 0.3) is 5.69 Å². The number of hydrogen-bond donors (Lipinski definition) is 0. The maximum absolute atomic E-state index is 11.1. The molecule has 17 heavy (non-hydrogen) atoms. The quantitative estimate of drug-likeness (QED) is 0.423. The van der Waals surface area contributed by atoms with E-state index in [-0.39, 0.29) is 29.6 Å². The van der Waals surface area contributed by atoms with Gasteiger partial charge in [-0.25, -0.2) is 0 Å². The molecule has 0 aliphatic rings. The number of nitro groups is 1. The van der Waals surface area contributed by atoms with Crippen molar-refractivity contribution in [3.05, 3.63) is 44.5 Å². The van der Waals surface area contributed by atoms with Crippen molar-refractivity contribution in [2.75, 3.05) is 0 Å². The molecule has 0 heterocycles. The van der Waals surface area contributed by atoms with Crippen molar-refractivity contribution in [2.45, 2.75) is 4.90 Å². The van der Waals surface area contributed by atoms with Crippen LogP contribution in [-0.2, 0) is 14.4 Å². The molecule has 0 saturated heterocycles. The molecule has 0 aliphatic heterocycles. The van der Waals surface area contributed by atoms with E-state index >= 15 is 0 Å². The maximum atomic E-state index is 11.1. The average molecular weight is 272 g/mol. The first-order valence-electron chi connectivity index (χ1n) is 3.66. The van der Waals surface area contributed by atoms with E-state index in [0.29, 0.717) is 6.07 Å². The molecule has 0 N–H and O–H groups in total. The van der Waals surface area contributed by atoms with Crippen LogP contribution < -0.4 is 0 Å². The van der Waals surface area contributed by atoms with E-state index in [4.69, 9.17) is 0 Å². The van der Waals surface area contributed by atoms with Crippen molar-refractivity contribution in [3.63, 3.8) is 0 Å². The Labute approximate surface area is 117 Å². The van der Waals surface area contributed by atoms with Crippen LogP contribution in [0.4, 0.5) is 5.69 Å². The molecular formula is C6H5N2NaO7S. The second-order valence-electron chi connectivity index (χ2n) is 2.51. The van der Waals surface area contributed by atoms with Crippen LogP contribution in [0.25, 0.3) is 0 Å². The fourth-order valence-electron chi connectivity index (χ4n) is 0.876. The van der Waals surface area contributed by atoms with E-state index in [0.717, 1.165) is 18.2 Å². The zero-order valence-electron chi connectivity index (χ0n) is 7.47. The number of hydrogen-bond acceptors (Lipinski definition) is 7. The van der Waals surface area contributed by atoms with Crippen molar-refractivity contribution in [1.82, 2.24) is 0 Å². The molecule has 0 saturated carbocycles. The second kappa shape index (κ2) is 5.91. The molecule has 0 radical (unpaired) electrons. The van der Waals surface area contributed by atoms with Gasteiger partial charge in [-0.05, 0) is 6.07 Å². The molecule has 0 unspecified atom stereocenters. The van der Waals surface area contributed by atoms with Gasteiger partial charge >= 0.3 is 44.8 Å². The van der Waals surface area contributed by atoms with Crippen LogP contribution in [0.1, 0.15) is 0 Å². The first kappa shape index (κ1) is 15.8. The Morgan fingerprint density at radius 2 is 1.76 bits per heavy atom. The Balaban J connectivity index is 0.00000256. The van der Waals surface area contributed by atoms with E-state index in [1.807, 2.05) is 0 Å². The first-order valence-corrected chi connectivity index (χ1v) is 5.07. The molecule has 0 fully saturated rings. The van der Waals surface area contributed by atoms with Gasteiger partial charge in [0, 0.05) is 12.1 Å². The summed E-state index contributed by atoms with van der Waals surface area (Å²) in [6, 6.07) is 3.74. The average Bonchev–Trinajstić information content (AvgIpc) is 2.16. The SMILES string of the molecule is O=[N+]([O-])OS(=O)(=O)c1cccc([N+](=O)[O-])c1.[NaH]. The van der Waals surface area contributed by atoms with Crippen molar-refractivity contribution in [3.8, 4) is 0 Å². The van der Waals surface area contributed by atoms with Gasteiger partial charge in [0.2, 0.25) is 0 Å². The van der Waals surface area contributed by atoms with Gasteiger partial charge in [0.05, 0.1) is 9.82 Å². The minimum absolute atomic E-state index is 0. The summed E-state index contributed by atoms with van der Waals surface area (Å²) in [5, 5.41) is 18.7. The third kappa shape index (κ3) is 4.26. The Kier molecular flexibility index (Phi) is 5.48. The molecule has 0 bridgehead atoms. The van der Waals surface area contributed by atoms with Crippen LogP contribution >= 0.6 is 0 Å². The van der Waals surface area contributed by atoms with Gasteiger partial charge in [0.15, 0.2) is 0 Å². The second-order valence-corrected chi connectivity index (χ2v) is 4.04. The molecule has 88 valence electrons. The Bertz CT molecular complexity index is 543. The molecule has 0 aromatic heterocycles. The van der Waals surface area contributed by atoms with Crippen molar-refractivity contribution >= 4 is 45.4 Å². The van der Waals surface area contributed by atoms with Crippen molar-refractivity contribution < 1.29 is 22.7 Å². The van der Waals surface area contributed by atoms with E-state index in [2.05, 4.69) is 4.28 Å². The van der Waals surface area contributed by atoms with Crippen LogP contribution in [0.3, 0.4) is 0 Å². The predicted octanol–water partition coefficient (Wildman–Crippen LogP) is -0.157. The number of rotatable bonds is 4. The van der Waals surface area contributed by atoms with E-state index < -0.39 is 30.7 Å². The van der Waals surface area contributed by atoms with Crippen molar-refractivity contribution in [2.24, 2.45) is 0 Å². The van der Waals surface area contributed by atoms with Crippen molar-refractivity contribution in [1.29, 1.82) is 0 Å². The summed E-state index contributed by atoms with van der Waals surface area (Å²) < 4.78 is 25.7. The van der Waals surface area contributed by atoms with Crippen LogP contribution in [0, 0.1) is 20.2 Å². The van der Waals surface area contributed by atoms with Gasteiger partial charge in [0.1, 0.15) is 0 Å². The molecule has 9 nitrogen and oxygen atoms in total. The van der Waals surface area contributed by atoms with Crippen LogP contribution in [0.15, 0.2) is 29.2 Å². The molecule has 0 aliphatic carbocycles. The van der Waals surface area contributed by atoms with Gasteiger partial charge < -0.3 is 0 Å². The van der Waals surface area contributed by atoms with Gasteiger partial charge in [-0.15, -0.1) is 10.1 Å².